The molecule has 90 valence electrons. The van der Waals surface area contributed by atoms with E-state index in [0.717, 1.165) is 19.4 Å². The first-order valence-corrected chi connectivity index (χ1v) is 5.68. The van der Waals surface area contributed by atoms with Crippen molar-refractivity contribution in [2.75, 3.05) is 20.1 Å². The van der Waals surface area contributed by atoms with Gasteiger partial charge in [0.1, 0.15) is 6.10 Å². The highest BCUT2D eigenvalue weighted by Crippen LogP contribution is 2.30. The molecule has 1 saturated carbocycles. The molecule has 0 spiro atoms. The molecule has 0 aromatic rings. The summed E-state index contributed by atoms with van der Waals surface area (Å²) in [5, 5.41) is 5.75. The van der Waals surface area contributed by atoms with Crippen LogP contribution in [0.1, 0.15) is 19.8 Å². The average molecular weight is 224 g/mol. The molecule has 0 heterocycles. The quantitative estimate of drug-likeness (QED) is 0.631. The molecule has 0 aliphatic heterocycles. The Kier molecular flexibility index (Phi) is 5.30. The molecule has 1 atom stereocenters. The third kappa shape index (κ3) is 3.84. The molecule has 1 aliphatic rings. The SMILES string of the molecule is C#CCNC(=O)C(C)OC1CC(CNC)C1. The minimum atomic E-state index is -0.408. The summed E-state index contributed by atoms with van der Waals surface area (Å²) in [7, 11) is 1.95. The number of carbonyl (C=O) groups excluding carboxylic acids is 1. The number of amides is 1. The van der Waals surface area contributed by atoms with E-state index in [1.54, 1.807) is 6.92 Å². The van der Waals surface area contributed by atoms with E-state index < -0.39 is 6.10 Å². The highest BCUT2D eigenvalue weighted by Gasteiger charge is 2.31. The Labute approximate surface area is 97.1 Å². The van der Waals surface area contributed by atoms with Gasteiger partial charge in [-0.2, -0.15) is 0 Å². The lowest BCUT2D eigenvalue weighted by Gasteiger charge is -2.36. The van der Waals surface area contributed by atoms with E-state index in [4.69, 9.17) is 11.2 Å². The Morgan fingerprint density at radius 3 is 2.88 bits per heavy atom. The molecule has 0 aromatic heterocycles. The van der Waals surface area contributed by atoms with Crippen molar-refractivity contribution in [2.24, 2.45) is 5.92 Å². The van der Waals surface area contributed by atoms with Gasteiger partial charge in [-0.1, -0.05) is 5.92 Å². The van der Waals surface area contributed by atoms with Crippen LogP contribution < -0.4 is 10.6 Å². The maximum Gasteiger partial charge on any atom is 0.249 e. The minimum absolute atomic E-state index is 0.130. The van der Waals surface area contributed by atoms with E-state index >= 15 is 0 Å². The lowest BCUT2D eigenvalue weighted by molar-refractivity contribution is -0.140. The molecule has 1 rings (SSSR count). The van der Waals surface area contributed by atoms with Gasteiger partial charge in [0.15, 0.2) is 0 Å². The lowest BCUT2D eigenvalue weighted by Crippen LogP contribution is -2.43. The Bertz CT molecular complexity index is 267. The van der Waals surface area contributed by atoms with Crippen molar-refractivity contribution in [3.05, 3.63) is 0 Å². The number of rotatable bonds is 6. The molecule has 1 fully saturated rings. The van der Waals surface area contributed by atoms with Crippen LogP contribution in [0.3, 0.4) is 0 Å². The van der Waals surface area contributed by atoms with Crippen LogP contribution in [0.4, 0.5) is 0 Å². The topological polar surface area (TPSA) is 50.4 Å². The van der Waals surface area contributed by atoms with Crippen LogP contribution in [0.25, 0.3) is 0 Å². The van der Waals surface area contributed by atoms with Gasteiger partial charge in [0.2, 0.25) is 5.91 Å². The summed E-state index contributed by atoms with van der Waals surface area (Å²) in [6, 6.07) is 0. The van der Waals surface area contributed by atoms with E-state index in [1.807, 2.05) is 7.05 Å². The van der Waals surface area contributed by atoms with Gasteiger partial charge >= 0.3 is 0 Å². The predicted octanol–water partition coefficient (Wildman–Crippen LogP) is 0.139. The first kappa shape index (κ1) is 13.0. The van der Waals surface area contributed by atoms with Gasteiger partial charge in [-0.05, 0) is 39.3 Å². The van der Waals surface area contributed by atoms with Gasteiger partial charge in [0.25, 0.3) is 0 Å². The second kappa shape index (κ2) is 6.51. The van der Waals surface area contributed by atoms with Gasteiger partial charge < -0.3 is 15.4 Å². The first-order valence-electron chi connectivity index (χ1n) is 5.68. The van der Waals surface area contributed by atoms with E-state index in [-0.39, 0.29) is 18.6 Å². The smallest absolute Gasteiger partial charge is 0.249 e. The molecule has 4 nitrogen and oxygen atoms in total. The molecular formula is C12H20N2O2. The van der Waals surface area contributed by atoms with Crippen molar-refractivity contribution in [1.29, 1.82) is 0 Å². The zero-order chi connectivity index (χ0) is 12.0. The summed E-state index contributed by atoms with van der Waals surface area (Å²) >= 11 is 0. The van der Waals surface area contributed by atoms with Crippen LogP contribution >= 0.6 is 0 Å². The largest absolute Gasteiger partial charge is 0.365 e. The Hall–Kier alpha value is -1.05. The zero-order valence-corrected chi connectivity index (χ0v) is 9.95. The third-order valence-electron chi connectivity index (χ3n) is 2.82. The maximum absolute atomic E-state index is 11.4. The van der Waals surface area contributed by atoms with E-state index in [9.17, 15) is 4.79 Å². The van der Waals surface area contributed by atoms with Crippen molar-refractivity contribution in [3.8, 4) is 12.3 Å². The van der Waals surface area contributed by atoms with E-state index in [1.165, 1.54) is 0 Å². The van der Waals surface area contributed by atoms with E-state index in [0.29, 0.717) is 5.92 Å². The van der Waals surface area contributed by atoms with Gasteiger partial charge in [0.05, 0.1) is 12.6 Å². The number of carbonyl (C=O) groups is 1. The first-order chi connectivity index (χ1) is 7.67. The molecule has 16 heavy (non-hydrogen) atoms. The molecule has 1 aliphatic carbocycles. The lowest BCUT2D eigenvalue weighted by atomic mass is 9.82. The summed E-state index contributed by atoms with van der Waals surface area (Å²) in [6.07, 6.45) is 6.94. The summed E-state index contributed by atoms with van der Waals surface area (Å²) in [6.45, 7) is 3.05. The average Bonchev–Trinajstić information content (AvgIpc) is 2.22. The van der Waals surface area contributed by atoms with Crippen molar-refractivity contribution in [2.45, 2.75) is 32.0 Å². The van der Waals surface area contributed by atoms with Gasteiger partial charge in [0, 0.05) is 0 Å². The molecule has 4 heteroatoms. The van der Waals surface area contributed by atoms with Gasteiger partial charge in [-0.15, -0.1) is 6.42 Å². The van der Waals surface area contributed by atoms with Crippen molar-refractivity contribution in [1.82, 2.24) is 10.6 Å². The number of hydrogen-bond acceptors (Lipinski definition) is 3. The zero-order valence-electron chi connectivity index (χ0n) is 9.95. The number of nitrogens with one attached hydrogen (secondary N) is 2. The van der Waals surface area contributed by atoms with Crippen LogP contribution in [0, 0.1) is 18.3 Å². The summed E-state index contributed by atoms with van der Waals surface area (Å²) in [5.74, 6) is 2.92. The molecule has 0 aromatic carbocycles. The van der Waals surface area contributed by atoms with Crippen LogP contribution in [-0.4, -0.2) is 38.3 Å². The van der Waals surface area contributed by atoms with Crippen molar-refractivity contribution < 1.29 is 9.53 Å². The normalized spacial score (nSPS) is 25.3. The number of terminal acetylenes is 1. The Morgan fingerprint density at radius 2 is 2.31 bits per heavy atom. The molecule has 0 bridgehead atoms. The third-order valence-corrected chi connectivity index (χ3v) is 2.82. The highest BCUT2D eigenvalue weighted by molar-refractivity contribution is 5.80. The fraction of sp³-hybridized carbons (Fsp3) is 0.750. The van der Waals surface area contributed by atoms with Crippen molar-refractivity contribution >= 4 is 5.91 Å². The van der Waals surface area contributed by atoms with Crippen LogP contribution in [-0.2, 0) is 9.53 Å². The highest BCUT2D eigenvalue weighted by atomic mass is 16.5. The van der Waals surface area contributed by atoms with Crippen LogP contribution in [0.5, 0.6) is 0 Å². The van der Waals surface area contributed by atoms with Crippen molar-refractivity contribution in [3.63, 3.8) is 0 Å². The molecule has 0 saturated heterocycles. The second-order valence-electron chi connectivity index (χ2n) is 4.22. The molecule has 2 N–H and O–H groups in total. The minimum Gasteiger partial charge on any atom is -0.365 e. The Morgan fingerprint density at radius 1 is 1.62 bits per heavy atom. The predicted molar refractivity (Wildman–Crippen MR) is 62.8 cm³/mol. The number of ether oxygens (including phenoxy) is 1. The summed E-state index contributed by atoms with van der Waals surface area (Å²) < 4.78 is 5.61. The second-order valence-corrected chi connectivity index (χ2v) is 4.22. The molecule has 1 unspecified atom stereocenters. The molecule has 1 amide bonds. The monoisotopic (exact) mass is 224 g/mol. The van der Waals surface area contributed by atoms with E-state index in [2.05, 4.69) is 16.6 Å². The van der Waals surface area contributed by atoms with Crippen LogP contribution in [0.15, 0.2) is 0 Å². The number of hydrogen-bond donors (Lipinski definition) is 2. The standard InChI is InChI=1S/C12H20N2O2/c1-4-5-14-12(15)9(2)16-11-6-10(7-11)8-13-3/h1,9-11,13H,5-8H2,2-3H3,(H,14,15). The van der Waals surface area contributed by atoms with Gasteiger partial charge in [-0.25, -0.2) is 0 Å². The van der Waals surface area contributed by atoms with Gasteiger partial charge in [-0.3, -0.25) is 4.79 Å². The fourth-order valence-corrected chi connectivity index (χ4v) is 1.87. The molecule has 0 radical (unpaired) electrons. The summed E-state index contributed by atoms with van der Waals surface area (Å²) in [5.41, 5.74) is 0. The summed E-state index contributed by atoms with van der Waals surface area (Å²) in [4.78, 5) is 11.4. The Balaban J connectivity index is 2.14. The maximum atomic E-state index is 11.4. The molecular weight excluding hydrogens is 204 g/mol. The fourth-order valence-electron chi connectivity index (χ4n) is 1.87. The van der Waals surface area contributed by atoms with Crippen LogP contribution in [0.2, 0.25) is 0 Å².